The fourth-order valence-electron chi connectivity index (χ4n) is 1.21. The molecular weight excluding hydrogens is 192 g/mol. The Hall–Kier alpha value is -0.610. The van der Waals surface area contributed by atoms with Gasteiger partial charge in [-0.15, -0.1) is 0 Å². The van der Waals surface area contributed by atoms with Gasteiger partial charge in [-0.3, -0.25) is 4.79 Å². The predicted octanol–water partition coefficient (Wildman–Crippen LogP) is 0.775. The first kappa shape index (κ1) is 14.4. The highest BCUT2D eigenvalue weighted by molar-refractivity contribution is 5.71. The van der Waals surface area contributed by atoms with Crippen LogP contribution in [0.25, 0.3) is 0 Å². The Morgan fingerprint density at radius 3 is 2.53 bits per heavy atom. The second kappa shape index (κ2) is 9.93. The average Bonchev–Trinajstić information content (AvgIpc) is 2.26. The number of hydrogen-bond acceptors (Lipinski definition) is 4. The highest BCUT2D eigenvalue weighted by Crippen LogP contribution is 1.94. The Morgan fingerprint density at radius 2 is 1.93 bits per heavy atom. The summed E-state index contributed by atoms with van der Waals surface area (Å²) >= 11 is 0. The van der Waals surface area contributed by atoms with E-state index in [0.717, 1.165) is 19.6 Å². The van der Waals surface area contributed by atoms with E-state index >= 15 is 0 Å². The van der Waals surface area contributed by atoms with E-state index in [1.54, 1.807) is 0 Å². The first-order valence-electron chi connectivity index (χ1n) is 5.71. The lowest BCUT2D eigenvalue weighted by Gasteiger charge is -2.10. The molecule has 1 atom stereocenters. The molecule has 0 saturated heterocycles. The summed E-state index contributed by atoms with van der Waals surface area (Å²) in [5.74, 6) is -0.216. The highest BCUT2D eigenvalue weighted by Gasteiger charge is 2.11. The van der Waals surface area contributed by atoms with E-state index < -0.39 is 0 Å². The molecule has 0 aromatic rings. The minimum absolute atomic E-state index is 0.0642. The summed E-state index contributed by atoms with van der Waals surface area (Å²) < 4.78 is 4.63. The molecule has 0 aliphatic heterocycles. The average molecular weight is 216 g/mol. The standard InChI is InChI=1S/C11H24N2O2/c1-4-5-6-12-7-8-13-9-10(2)11(14)15-3/h10,12-13H,4-9H2,1-3H3. The Bertz CT molecular complexity index is 163. The van der Waals surface area contributed by atoms with Gasteiger partial charge in [0.25, 0.3) is 0 Å². The first-order valence-corrected chi connectivity index (χ1v) is 5.71. The van der Waals surface area contributed by atoms with Crippen LogP contribution in [0.3, 0.4) is 0 Å². The SMILES string of the molecule is CCCCNCCNCC(C)C(=O)OC. The van der Waals surface area contributed by atoms with Crippen molar-refractivity contribution in [3.05, 3.63) is 0 Å². The van der Waals surface area contributed by atoms with Crippen molar-refractivity contribution in [2.45, 2.75) is 26.7 Å². The summed E-state index contributed by atoms with van der Waals surface area (Å²) in [7, 11) is 1.42. The van der Waals surface area contributed by atoms with E-state index in [-0.39, 0.29) is 11.9 Å². The molecular formula is C11H24N2O2. The minimum atomic E-state index is -0.151. The molecule has 1 unspecified atom stereocenters. The Kier molecular flexibility index (Phi) is 9.52. The van der Waals surface area contributed by atoms with Crippen molar-refractivity contribution in [1.82, 2.24) is 10.6 Å². The molecule has 0 aliphatic carbocycles. The van der Waals surface area contributed by atoms with Crippen LogP contribution in [0.2, 0.25) is 0 Å². The monoisotopic (exact) mass is 216 g/mol. The van der Waals surface area contributed by atoms with Crippen molar-refractivity contribution < 1.29 is 9.53 Å². The maximum atomic E-state index is 11.0. The number of carbonyl (C=O) groups excluding carboxylic acids is 1. The van der Waals surface area contributed by atoms with Crippen LogP contribution in [-0.2, 0) is 9.53 Å². The van der Waals surface area contributed by atoms with Crippen LogP contribution in [-0.4, -0.2) is 39.3 Å². The van der Waals surface area contributed by atoms with Gasteiger partial charge < -0.3 is 15.4 Å². The van der Waals surface area contributed by atoms with E-state index in [9.17, 15) is 4.79 Å². The van der Waals surface area contributed by atoms with Gasteiger partial charge in [0.15, 0.2) is 0 Å². The summed E-state index contributed by atoms with van der Waals surface area (Å²) in [6, 6.07) is 0. The zero-order valence-corrected chi connectivity index (χ0v) is 10.1. The van der Waals surface area contributed by atoms with E-state index in [2.05, 4.69) is 22.3 Å². The van der Waals surface area contributed by atoms with Crippen molar-refractivity contribution in [3.63, 3.8) is 0 Å². The highest BCUT2D eigenvalue weighted by atomic mass is 16.5. The molecule has 0 aliphatic rings. The van der Waals surface area contributed by atoms with Crippen molar-refractivity contribution in [2.75, 3.05) is 33.3 Å². The third kappa shape index (κ3) is 8.39. The fraction of sp³-hybridized carbons (Fsp3) is 0.909. The quantitative estimate of drug-likeness (QED) is 0.441. The number of carbonyl (C=O) groups is 1. The van der Waals surface area contributed by atoms with Crippen molar-refractivity contribution in [1.29, 1.82) is 0 Å². The molecule has 0 amide bonds. The summed E-state index contributed by atoms with van der Waals surface area (Å²) in [6.45, 7) is 7.65. The normalized spacial score (nSPS) is 12.5. The third-order valence-corrected chi connectivity index (χ3v) is 2.24. The molecule has 0 spiro atoms. The van der Waals surface area contributed by atoms with Crippen LogP contribution in [0.15, 0.2) is 0 Å². The largest absolute Gasteiger partial charge is 0.469 e. The molecule has 15 heavy (non-hydrogen) atoms. The molecule has 0 aromatic heterocycles. The number of esters is 1. The van der Waals surface area contributed by atoms with Crippen LogP contribution in [0.1, 0.15) is 26.7 Å². The number of methoxy groups -OCH3 is 1. The van der Waals surface area contributed by atoms with Gasteiger partial charge in [-0.1, -0.05) is 20.3 Å². The van der Waals surface area contributed by atoms with Crippen molar-refractivity contribution in [2.24, 2.45) is 5.92 Å². The van der Waals surface area contributed by atoms with Gasteiger partial charge in [-0.2, -0.15) is 0 Å². The van der Waals surface area contributed by atoms with Gasteiger partial charge in [0, 0.05) is 19.6 Å². The number of unbranched alkanes of at least 4 members (excludes halogenated alkanes) is 1. The molecule has 0 aromatic carbocycles. The maximum Gasteiger partial charge on any atom is 0.309 e. The van der Waals surface area contributed by atoms with E-state index in [1.807, 2.05) is 6.92 Å². The van der Waals surface area contributed by atoms with Crippen LogP contribution < -0.4 is 10.6 Å². The van der Waals surface area contributed by atoms with Crippen molar-refractivity contribution in [3.8, 4) is 0 Å². The predicted molar refractivity (Wildman–Crippen MR) is 61.8 cm³/mol. The van der Waals surface area contributed by atoms with Gasteiger partial charge in [0.1, 0.15) is 0 Å². The van der Waals surface area contributed by atoms with Crippen LogP contribution in [0.4, 0.5) is 0 Å². The molecule has 4 heteroatoms. The van der Waals surface area contributed by atoms with E-state index in [0.29, 0.717) is 6.54 Å². The number of ether oxygens (including phenoxy) is 1. The van der Waals surface area contributed by atoms with Crippen LogP contribution in [0.5, 0.6) is 0 Å². The van der Waals surface area contributed by atoms with Crippen LogP contribution in [0, 0.1) is 5.92 Å². The molecule has 0 rings (SSSR count). The zero-order valence-electron chi connectivity index (χ0n) is 10.1. The molecule has 0 radical (unpaired) electrons. The van der Waals surface area contributed by atoms with Crippen molar-refractivity contribution >= 4 is 5.97 Å². The molecule has 90 valence electrons. The van der Waals surface area contributed by atoms with Crippen LogP contribution >= 0.6 is 0 Å². The number of hydrogen-bond donors (Lipinski definition) is 2. The van der Waals surface area contributed by atoms with E-state index in [1.165, 1.54) is 20.0 Å². The first-order chi connectivity index (χ1) is 7.22. The molecule has 0 saturated carbocycles. The lowest BCUT2D eigenvalue weighted by Crippen LogP contribution is -2.33. The molecule has 0 heterocycles. The zero-order chi connectivity index (χ0) is 11.5. The third-order valence-electron chi connectivity index (χ3n) is 2.24. The van der Waals surface area contributed by atoms with Gasteiger partial charge in [0.05, 0.1) is 13.0 Å². The second-order valence-electron chi connectivity index (χ2n) is 3.73. The molecule has 0 fully saturated rings. The molecule has 4 nitrogen and oxygen atoms in total. The van der Waals surface area contributed by atoms with Gasteiger partial charge in [-0.25, -0.2) is 0 Å². The Labute approximate surface area is 92.8 Å². The summed E-state index contributed by atoms with van der Waals surface area (Å²) in [4.78, 5) is 11.0. The van der Waals surface area contributed by atoms with Gasteiger partial charge >= 0.3 is 5.97 Å². The second-order valence-corrected chi connectivity index (χ2v) is 3.73. The molecule has 2 N–H and O–H groups in total. The number of rotatable bonds is 9. The summed E-state index contributed by atoms with van der Waals surface area (Å²) in [5.41, 5.74) is 0. The lowest BCUT2D eigenvalue weighted by atomic mass is 10.2. The van der Waals surface area contributed by atoms with E-state index in [4.69, 9.17) is 0 Å². The minimum Gasteiger partial charge on any atom is -0.469 e. The fourth-order valence-corrected chi connectivity index (χ4v) is 1.21. The molecule has 0 bridgehead atoms. The van der Waals surface area contributed by atoms with Gasteiger partial charge in [-0.05, 0) is 13.0 Å². The number of nitrogens with one attached hydrogen (secondary N) is 2. The summed E-state index contributed by atoms with van der Waals surface area (Å²) in [5, 5.41) is 6.54. The van der Waals surface area contributed by atoms with Gasteiger partial charge in [0.2, 0.25) is 0 Å². The summed E-state index contributed by atoms with van der Waals surface area (Å²) in [6.07, 6.45) is 2.44. The Balaban J connectivity index is 3.20. The lowest BCUT2D eigenvalue weighted by molar-refractivity contribution is -0.144. The Morgan fingerprint density at radius 1 is 1.27 bits per heavy atom. The topological polar surface area (TPSA) is 50.4 Å². The maximum absolute atomic E-state index is 11.0. The smallest absolute Gasteiger partial charge is 0.309 e.